The highest BCUT2D eigenvalue weighted by atomic mass is 16.5. The number of aromatic nitrogens is 1. The predicted octanol–water partition coefficient (Wildman–Crippen LogP) is 7.63. The number of aliphatic hydroxyl groups is 2. The quantitative estimate of drug-likeness (QED) is 0.324. The van der Waals surface area contributed by atoms with Crippen molar-refractivity contribution in [3.8, 4) is 0 Å². The number of ether oxygens (including phenoxy) is 1. The van der Waals surface area contributed by atoms with Crippen LogP contribution in [0.5, 0.6) is 0 Å². The highest BCUT2D eigenvalue weighted by Crippen LogP contribution is 2.71. The van der Waals surface area contributed by atoms with Crippen molar-refractivity contribution >= 4 is 28.2 Å². The van der Waals surface area contributed by atoms with Crippen LogP contribution >= 0.6 is 0 Å². The Bertz CT molecular complexity index is 1960. The molecule has 1 aromatic heterocycles. The number of hydrogen-bond acceptors (Lipinski definition) is 5. The topological polar surface area (TPSA) is 92.0 Å². The van der Waals surface area contributed by atoms with Gasteiger partial charge in [-0.25, -0.2) is 0 Å². The molecule has 4 aliphatic carbocycles. The average Bonchev–Trinajstić information content (AvgIpc) is 3.67. The number of likely N-dealkylation sites (N-methyl/N-ethyl adjacent to an activating group) is 1. The van der Waals surface area contributed by atoms with Crippen molar-refractivity contribution in [2.45, 2.75) is 129 Å². The molecule has 6 aliphatic rings. The van der Waals surface area contributed by atoms with Gasteiger partial charge in [-0.2, -0.15) is 0 Å². The third kappa shape index (κ3) is 4.03. The molecule has 2 aliphatic heterocycles. The van der Waals surface area contributed by atoms with E-state index in [-0.39, 0.29) is 34.4 Å². The lowest BCUT2D eigenvalue weighted by molar-refractivity contribution is -0.145. The van der Waals surface area contributed by atoms with Crippen LogP contribution in [0.2, 0.25) is 0 Å². The summed E-state index contributed by atoms with van der Waals surface area (Å²) in [5.74, 6) is 0.417. The summed E-state index contributed by atoms with van der Waals surface area (Å²) in [4.78, 5) is 28.5. The molecule has 2 unspecified atom stereocenters. The maximum atomic E-state index is 14.9. The first-order chi connectivity index (χ1) is 23.2. The molecule has 7 nitrogen and oxygen atoms in total. The number of aliphatic hydroxyl groups excluding tert-OH is 2. The van der Waals surface area contributed by atoms with Crippen molar-refractivity contribution < 1.29 is 24.5 Å². The van der Waals surface area contributed by atoms with Crippen molar-refractivity contribution in [3.05, 3.63) is 64.4 Å². The van der Waals surface area contributed by atoms with E-state index in [4.69, 9.17) is 4.74 Å². The summed E-state index contributed by atoms with van der Waals surface area (Å²) >= 11 is 0. The van der Waals surface area contributed by atoms with E-state index in [0.29, 0.717) is 24.4 Å². The molecule has 9 atom stereocenters. The van der Waals surface area contributed by atoms with Gasteiger partial charge < -0.3 is 24.4 Å². The fraction of sp³-hybridized carbons (Fsp3) is 0.628. The zero-order valence-corrected chi connectivity index (χ0v) is 31.7. The smallest absolute Gasteiger partial charge is 0.219 e. The summed E-state index contributed by atoms with van der Waals surface area (Å²) < 4.78 is 8.90. The van der Waals surface area contributed by atoms with Gasteiger partial charge in [0.2, 0.25) is 5.91 Å². The number of Topliss-reactive ketones (excluding diaryl/α,β-unsaturated/α-hetero) is 1. The second kappa shape index (κ2) is 10.3. The molecule has 8 rings (SSSR count). The summed E-state index contributed by atoms with van der Waals surface area (Å²) in [5, 5.41) is 25.0. The van der Waals surface area contributed by atoms with Gasteiger partial charge in [-0.05, 0) is 113 Å². The summed E-state index contributed by atoms with van der Waals surface area (Å²) in [7, 11) is 1.81. The molecule has 2 saturated carbocycles. The van der Waals surface area contributed by atoms with Crippen LogP contribution in [0.1, 0.15) is 133 Å². The highest BCUT2D eigenvalue weighted by molar-refractivity contribution is 6.18. The maximum Gasteiger partial charge on any atom is 0.219 e. The molecular weight excluding hydrogens is 624 g/mol. The number of rotatable bonds is 4. The van der Waals surface area contributed by atoms with Crippen molar-refractivity contribution in [3.63, 3.8) is 0 Å². The molecule has 3 heterocycles. The van der Waals surface area contributed by atoms with E-state index in [9.17, 15) is 19.8 Å². The number of fused-ring (bicyclic) bond motifs is 11. The van der Waals surface area contributed by atoms with E-state index in [1.54, 1.807) is 11.8 Å². The van der Waals surface area contributed by atoms with Gasteiger partial charge in [0.05, 0.1) is 34.5 Å². The van der Waals surface area contributed by atoms with Gasteiger partial charge in [-0.1, -0.05) is 45.1 Å². The normalized spacial score (nSPS) is 38.8. The Kier molecular flexibility index (Phi) is 7.04. The van der Waals surface area contributed by atoms with Crippen LogP contribution in [0.3, 0.4) is 0 Å². The minimum atomic E-state index is -0.845. The third-order valence-electron chi connectivity index (χ3n) is 15.0. The molecule has 7 heteroatoms. The van der Waals surface area contributed by atoms with Gasteiger partial charge in [0.1, 0.15) is 6.04 Å². The SMILES string of the molecule is C=C(C)[C@H]1C(=O)c2c3c(cc4c5c(n1c24)[C@@]1(C)C(CC[C@H]2[C@](C)(/C=C/CN(C)C(C)=O)[C@@H](O)CC[C@@]21C)C5)C1=CC(C)(C)OC(C)(C)C1[C@@H]3O. The molecule has 50 heavy (non-hydrogen) atoms. The minimum absolute atomic E-state index is 0.0224. The van der Waals surface area contributed by atoms with Gasteiger partial charge in [-0.3, -0.25) is 9.59 Å². The predicted molar refractivity (Wildman–Crippen MR) is 197 cm³/mol. The molecule has 0 saturated heterocycles. The van der Waals surface area contributed by atoms with E-state index in [0.717, 1.165) is 58.9 Å². The maximum absolute atomic E-state index is 14.9. The monoisotopic (exact) mass is 680 g/mol. The number of hydrogen-bond donors (Lipinski definition) is 2. The standard InChI is InChI=1S/C43H56N2O5/c1-22(2)34-37(49)32-31-25(28-21-39(4,5)50-40(6,7)33(28)36(31)48)20-26-27-19-24-13-14-29-41(8,16-12-18-44(11)23(3)46)30(47)15-17-42(29,9)43(24,10)38(27)45(34)35(26)32/h12,16,20-21,24,29-30,33-34,36,47-48H,1,13-15,17-19H2,2-11H3/b16-12+/t24?,29-,30-,33?,34-,36+,41-,42-,43+/m0/s1. The van der Waals surface area contributed by atoms with E-state index in [2.05, 4.69) is 83.9 Å². The zero-order chi connectivity index (χ0) is 36.2. The molecule has 268 valence electrons. The van der Waals surface area contributed by atoms with Crippen molar-refractivity contribution in [2.24, 2.45) is 28.6 Å². The largest absolute Gasteiger partial charge is 0.392 e. The van der Waals surface area contributed by atoms with Crippen LogP contribution in [0.15, 0.2) is 36.4 Å². The molecule has 0 bridgehead atoms. The first-order valence-electron chi connectivity index (χ1n) is 18.8. The number of carbonyl (C=O) groups excluding carboxylic acids is 2. The summed E-state index contributed by atoms with van der Waals surface area (Å²) in [5.41, 5.74) is 5.97. The Balaban J connectivity index is 1.34. The summed E-state index contributed by atoms with van der Waals surface area (Å²) in [6.07, 6.45) is 9.76. The first-order valence-corrected chi connectivity index (χ1v) is 18.8. The van der Waals surface area contributed by atoms with Crippen LogP contribution in [0, 0.1) is 28.6 Å². The molecular formula is C43H56N2O5. The number of allylic oxidation sites excluding steroid dienone is 1. The lowest BCUT2D eigenvalue weighted by Crippen LogP contribution is -2.62. The highest BCUT2D eigenvalue weighted by Gasteiger charge is 2.67. The van der Waals surface area contributed by atoms with Crippen molar-refractivity contribution in [2.75, 3.05) is 13.6 Å². The second-order valence-corrected chi connectivity index (χ2v) is 18.6. The Hall–Kier alpha value is -3.00. The number of benzene rings is 1. The van der Waals surface area contributed by atoms with E-state index >= 15 is 0 Å². The second-order valence-electron chi connectivity index (χ2n) is 18.6. The minimum Gasteiger partial charge on any atom is -0.392 e. The zero-order valence-electron chi connectivity index (χ0n) is 31.7. The van der Waals surface area contributed by atoms with Gasteiger partial charge in [0.15, 0.2) is 5.78 Å². The van der Waals surface area contributed by atoms with E-state index in [1.165, 1.54) is 11.3 Å². The average molecular weight is 681 g/mol. The van der Waals surface area contributed by atoms with Crippen LogP contribution in [0.4, 0.5) is 0 Å². The van der Waals surface area contributed by atoms with Crippen LogP contribution < -0.4 is 0 Å². The Morgan fingerprint density at radius 1 is 1.10 bits per heavy atom. The number of carbonyl (C=O) groups is 2. The Labute approximate surface area is 297 Å². The van der Waals surface area contributed by atoms with Crippen molar-refractivity contribution in [1.29, 1.82) is 0 Å². The Morgan fingerprint density at radius 3 is 2.46 bits per heavy atom. The van der Waals surface area contributed by atoms with E-state index < -0.39 is 34.9 Å². The van der Waals surface area contributed by atoms with Gasteiger partial charge in [-0.15, -0.1) is 0 Å². The summed E-state index contributed by atoms with van der Waals surface area (Å²) in [6, 6.07) is 1.79. The fourth-order valence-corrected chi connectivity index (χ4v) is 12.7. The fourth-order valence-electron chi connectivity index (χ4n) is 12.7. The molecule has 2 aromatic rings. The van der Waals surface area contributed by atoms with Crippen LogP contribution in [0.25, 0.3) is 16.5 Å². The van der Waals surface area contributed by atoms with Gasteiger partial charge >= 0.3 is 0 Å². The molecule has 0 radical (unpaired) electrons. The molecule has 2 fully saturated rings. The first kappa shape index (κ1) is 34.1. The molecule has 1 amide bonds. The van der Waals surface area contributed by atoms with Crippen LogP contribution in [-0.4, -0.2) is 62.3 Å². The lowest BCUT2D eigenvalue weighted by Gasteiger charge is -2.64. The number of ketones is 1. The lowest BCUT2D eigenvalue weighted by atomic mass is 9.40. The molecule has 0 spiro atoms. The van der Waals surface area contributed by atoms with Gasteiger partial charge in [0.25, 0.3) is 0 Å². The van der Waals surface area contributed by atoms with Crippen molar-refractivity contribution in [1.82, 2.24) is 9.47 Å². The summed E-state index contributed by atoms with van der Waals surface area (Å²) in [6.45, 7) is 23.9. The Morgan fingerprint density at radius 2 is 1.80 bits per heavy atom. The number of amides is 1. The molecule has 1 aromatic carbocycles. The van der Waals surface area contributed by atoms with Gasteiger partial charge in [0, 0.05) is 53.9 Å². The number of nitrogens with zero attached hydrogens (tertiary/aromatic N) is 2. The van der Waals surface area contributed by atoms with E-state index in [1.807, 2.05) is 14.0 Å². The third-order valence-corrected chi connectivity index (χ3v) is 15.0. The molecule has 2 N–H and O–H groups in total. The van der Waals surface area contributed by atoms with Crippen LogP contribution in [-0.2, 0) is 21.4 Å².